The fourth-order valence-electron chi connectivity index (χ4n) is 1.76. The predicted octanol–water partition coefficient (Wildman–Crippen LogP) is 3.68. The van der Waals surface area contributed by atoms with Gasteiger partial charge in [-0.3, -0.25) is 0 Å². The molecule has 2 aromatic rings. The fraction of sp³-hybridized carbons (Fsp3) is 0.200. The summed E-state index contributed by atoms with van der Waals surface area (Å²) in [6.07, 6.45) is 0. The highest BCUT2D eigenvalue weighted by atomic mass is 19.1. The minimum Gasteiger partial charge on any atom is -0.306 e. The van der Waals surface area contributed by atoms with Gasteiger partial charge in [-0.1, -0.05) is 48.5 Å². The molecule has 0 aliphatic carbocycles. The molecule has 0 saturated carbocycles. The van der Waals surface area contributed by atoms with E-state index in [2.05, 4.69) is 24.4 Å². The fourth-order valence-corrected chi connectivity index (χ4v) is 1.76. The first-order valence-corrected chi connectivity index (χ1v) is 5.79. The molecule has 1 atom stereocenters. The molecule has 0 aromatic heterocycles. The van der Waals surface area contributed by atoms with Gasteiger partial charge in [0, 0.05) is 18.2 Å². The summed E-state index contributed by atoms with van der Waals surface area (Å²) in [6.45, 7) is 2.62. The van der Waals surface area contributed by atoms with Gasteiger partial charge in [-0.2, -0.15) is 0 Å². The molecule has 0 amide bonds. The van der Waals surface area contributed by atoms with Gasteiger partial charge in [0.05, 0.1) is 0 Å². The first kappa shape index (κ1) is 11.8. The van der Waals surface area contributed by atoms with Gasteiger partial charge in [0.2, 0.25) is 0 Å². The van der Waals surface area contributed by atoms with Crippen molar-refractivity contribution >= 4 is 0 Å². The molecule has 0 fully saturated rings. The van der Waals surface area contributed by atoms with Crippen LogP contribution in [0.2, 0.25) is 0 Å². The van der Waals surface area contributed by atoms with E-state index in [0.29, 0.717) is 12.1 Å². The summed E-state index contributed by atoms with van der Waals surface area (Å²) in [7, 11) is 0. The normalized spacial score (nSPS) is 12.4. The summed E-state index contributed by atoms with van der Waals surface area (Å²) in [5.74, 6) is -0.153. The summed E-state index contributed by atoms with van der Waals surface area (Å²) >= 11 is 0. The molecule has 0 spiro atoms. The van der Waals surface area contributed by atoms with Crippen molar-refractivity contribution in [3.63, 3.8) is 0 Å². The minimum absolute atomic E-state index is 0.153. The summed E-state index contributed by atoms with van der Waals surface area (Å²) in [4.78, 5) is 0. The SMILES string of the molecule is CC(NCc1ccccc1F)c1ccccc1. The number of nitrogens with one attached hydrogen (secondary N) is 1. The van der Waals surface area contributed by atoms with Crippen molar-refractivity contribution < 1.29 is 4.39 Å². The minimum atomic E-state index is -0.153. The third-order valence-corrected chi connectivity index (χ3v) is 2.86. The summed E-state index contributed by atoms with van der Waals surface area (Å²) in [5, 5.41) is 3.32. The predicted molar refractivity (Wildman–Crippen MR) is 68.1 cm³/mol. The quantitative estimate of drug-likeness (QED) is 0.843. The van der Waals surface area contributed by atoms with E-state index in [9.17, 15) is 4.39 Å². The molecule has 2 rings (SSSR count). The van der Waals surface area contributed by atoms with Crippen LogP contribution in [-0.2, 0) is 6.54 Å². The van der Waals surface area contributed by atoms with Gasteiger partial charge in [0.15, 0.2) is 0 Å². The average molecular weight is 229 g/mol. The maximum absolute atomic E-state index is 13.4. The number of rotatable bonds is 4. The zero-order valence-electron chi connectivity index (χ0n) is 9.86. The zero-order chi connectivity index (χ0) is 12.1. The van der Waals surface area contributed by atoms with Crippen LogP contribution < -0.4 is 5.32 Å². The van der Waals surface area contributed by atoms with E-state index in [1.54, 1.807) is 12.1 Å². The van der Waals surface area contributed by atoms with Crippen LogP contribution in [0.25, 0.3) is 0 Å². The molecule has 0 aliphatic heterocycles. The second-order valence-electron chi connectivity index (χ2n) is 4.10. The van der Waals surface area contributed by atoms with Gasteiger partial charge in [-0.15, -0.1) is 0 Å². The lowest BCUT2D eigenvalue weighted by Crippen LogP contribution is -2.18. The molecule has 0 saturated heterocycles. The Morgan fingerprint density at radius 2 is 1.65 bits per heavy atom. The molecule has 88 valence electrons. The smallest absolute Gasteiger partial charge is 0.127 e. The van der Waals surface area contributed by atoms with Crippen LogP contribution in [0, 0.1) is 5.82 Å². The van der Waals surface area contributed by atoms with E-state index < -0.39 is 0 Å². The highest BCUT2D eigenvalue weighted by molar-refractivity contribution is 5.20. The Morgan fingerprint density at radius 1 is 1.00 bits per heavy atom. The Kier molecular flexibility index (Phi) is 3.89. The number of benzene rings is 2. The Hall–Kier alpha value is -1.67. The average Bonchev–Trinajstić information content (AvgIpc) is 2.38. The lowest BCUT2D eigenvalue weighted by molar-refractivity contribution is 0.544. The first-order valence-electron chi connectivity index (χ1n) is 5.79. The maximum Gasteiger partial charge on any atom is 0.127 e. The zero-order valence-corrected chi connectivity index (χ0v) is 9.86. The van der Waals surface area contributed by atoms with Crippen molar-refractivity contribution in [2.75, 3.05) is 0 Å². The molecule has 1 unspecified atom stereocenters. The topological polar surface area (TPSA) is 12.0 Å². The van der Waals surface area contributed by atoms with Crippen molar-refractivity contribution in [1.82, 2.24) is 5.32 Å². The highest BCUT2D eigenvalue weighted by Gasteiger charge is 2.05. The molecule has 0 heterocycles. The van der Waals surface area contributed by atoms with Crippen LogP contribution in [0.1, 0.15) is 24.1 Å². The Bertz CT molecular complexity index is 467. The Morgan fingerprint density at radius 3 is 2.35 bits per heavy atom. The van der Waals surface area contributed by atoms with Crippen molar-refractivity contribution in [3.05, 3.63) is 71.5 Å². The van der Waals surface area contributed by atoms with E-state index in [1.807, 2.05) is 24.3 Å². The summed E-state index contributed by atoms with van der Waals surface area (Å²) < 4.78 is 13.4. The molecule has 0 radical (unpaired) electrons. The van der Waals surface area contributed by atoms with Crippen LogP contribution in [0.3, 0.4) is 0 Å². The number of hydrogen-bond acceptors (Lipinski definition) is 1. The standard InChI is InChI=1S/C15H16FN/c1-12(13-7-3-2-4-8-13)17-11-14-9-5-6-10-15(14)16/h2-10,12,17H,11H2,1H3. The molecule has 0 bridgehead atoms. The van der Waals surface area contributed by atoms with Crippen LogP contribution in [0.5, 0.6) is 0 Å². The number of hydrogen-bond donors (Lipinski definition) is 1. The number of halogens is 1. The lowest BCUT2D eigenvalue weighted by Gasteiger charge is -2.14. The van der Waals surface area contributed by atoms with Crippen LogP contribution in [0.15, 0.2) is 54.6 Å². The van der Waals surface area contributed by atoms with E-state index in [1.165, 1.54) is 11.6 Å². The van der Waals surface area contributed by atoms with E-state index in [4.69, 9.17) is 0 Å². The summed E-state index contributed by atoms with van der Waals surface area (Å²) in [6, 6.07) is 17.2. The molecule has 0 aliphatic rings. The van der Waals surface area contributed by atoms with Gasteiger partial charge < -0.3 is 5.32 Å². The third kappa shape index (κ3) is 3.14. The van der Waals surface area contributed by atoms with Gasteiger partial charge in [0.25, 0.3) is 0 Å². The van der Waals surface area contributed by atoms with Gasteiger partial charge in [0.1, 0.15) is 5.82 Å². The molecular weight excluding hydrogens is 213 g/mol. The third-order valence-electron chi connectivity index (χ3n) is 2.86. The van der Waals surface area contributed by atoms with Gasteiger partial charge in [-0.25, -0.2) is 4.39 Å². The van der Waals surface area contributed by atoms with E-state index >= 15 is 0 Å². The second kappa shape index (κ2) is 5.60. The van der Waals surface area contributed by atoms with Gasteiger partial charge in [-0.05, 0) is 18.6 Å². The van der Waals surface area contributed by atoms with Crippen molar-refractivity contribution in [2.24, 2.45) is 0 Å². The second-order valence-corrected chi connectivity index (χ2v) is 4.10. The Balaban J connectivity index is 1.97. The molecule has 17 heavy (non-hydrogen) atoms. The van der Waals surface area contributed by atoms with Crippen molar-refractivity contribution in [3.8, 4) is 0 Å². The van der Waals surface area contributed by atoms with Gasteiger partial charge >= 0.3 is 0 Å². The first-order chi connectivity index (χ1) is 8.27. The molecule has 2 heteroatoms. The Labute approximate surface area is 101 Å². The maximum atomic E-state index is 13.4. The molecule has 2 aromatic carbocycles. The largest absolute Gasteiger partial charge is 0.306 e. The molecule has 1 nitrogen and oxygen atoms in total. The highest BCUT2D eigenvalue weighted by Crippen LogP contribution is 2.13. The van der Waals surface area contributed by atoms with E-state index in [-0.39, 0.29) is 11.9 Å². The monoisotopic (exact) mass is 229 g/mol. The summed E-state index contributed by atoms with van der Waals surface area (Å²) in [5.41, 5.74) is 1.92. The van der Waals surface area contributed by atoms with Crippen LogP contribution in [-0.4, -0.2) is 0 Å². The lowest BCUT2D eigenvalue weighted by atomic mass is 10.1. The van der Waals surface area contributed by atoms with Crippen molar-refractivity contribution in [1.29, 1.82) is 0 Å². The van der Waals surface area contributed by atoms with Crippen LogP contribution >= 0.6 is 0 Å². The van der Waals surface area contributed by atoms with Crippen LogP contribution in [0.4, 0.5) is 4.39 Å². The van der Waals surface area contributed by atoms with E-state index in [0.717, 1.165) is 0 Å². The molecule has 1 N–H and O–H groups in total. The van der Waals surface area contributed by atoms with Crippen molar-refractivity contribution in [2.45, 2.75) is 19.5 Å². The molecular formula is C15H16FN.